The molecular formula is C11H23BN2O2. The molecule has 0 radical (unpaired) electrons. The molecule has 0 aromatic rings. The van der Waals surface area contributed by atoms with Crippen molar-refractivity contribution in [1.82, 2.24) is 0 Å². The van der Waals surface area contributed by atoms with Gasteiger partial charge in [-0.15, -0.1) is 0 Å². The van der Waals surface area contributed by atoms with Crippen LogP contribution in [0.2, 0.25) is 6.32 Å². The van der Waals surface area contributed by atoms with Gasteiger partial charge in [0.2, 0.25) is 0 Å². The summed E-state index contributed by atoms with van der Waals surface area (Å²) in [4.78, 5) is 11.3. The number of carbonyl (C=O) groups is 1. The summed E-state index contributed by atoms with van der Waals surface area (Å²) in [7, 11) is 2.10. The number of nitrogens with two attached hydrogens (primary N) is 2. The summed E-state index contributed by atoms with van der Waals surface area (Å²) in [6.07, 6.45) is 6.12. The Morgan fingerprint density at radius 1 is 1.44 bits per heavy atom. The van der Waals surface area contributed by atoms with Crippen LogP contribution in [0.4, 0.5) is 0 Å². The molecule has 0 heterocycles. The first-order valence-electron chi connectivity index (χ1n) is 6.28. The highest BCUT2D eigenvalue weighted by Crippen LogP contribution is 2.35. The third-order valence-electron chi connectivity index (χ3n) is 3.79. The van der Waals surface area contributed by atoms with Crippen LogP contribution >= 0.6 is 0 Å². The van der Waals surface area contributed by atoms with Gasteiger partial charge in [-0.05, 0) is 31.6 Å². The van der Waals surface area contributed by atoms with Crippen LogP contribution in [0.5, 0.6) is 0 Å². The van der Waals surface area contributed by atoms with Crippen molar-refractivity contribution >= 4 is 13.8 Å². The summed E-state index contributed by atoms with van der Waals surface area (Å²) in [5, 5.41) is 9.31. The van der Waals surface area contributed by atoms with Gasteiger partial charge in [0.05, 0.1) is 0 Å². The Morgan fingerprint density at radius 3 is 2.56 bits per heavy atom. The number of carboxylic acid groups (broad SMARTS) is 1. The van der Waals surface area contributed by atoms with E-state index >= 15 is 0 Å². The molecule has 0 aromatic heterocycles. The van der Waals surface area contributed by atoms with Crippen LogP contribution in [0.1, 0.15) is 38.5 Å². The minimum atomic E-state index is -1.05. The van der Waals surface area contributed by atoms with E-state index in [1.165, 1.54) is 0 Å². The summed E-state index contributed by atoms with van der Waals surface area (Å²) in [5.74, 6) is -0.806. The highest BCUT2D eigenvalue weighted by molar-refractivity contribution is 6.08. The normalized spacial score (nSPS) is 28.9. The van der Waals surface area contributed by atoms with Gasteiger partial charge in [-0.1, -0.05) is 19.2 Å². The van der Waals surface area contributed by atoms with Gasteiger partial charge in [-0.25, -0.2) is 0 Å². The Morgan fingerprint density at radius 2 is 2.12 bits per heavy atom. The maximum absolute atomic E-state index is 11.3. The lowest BCUT2D eigenvalue weighted by Gasteiger charge is -2.31. The standard InChI is InChI=1S/C11H23BN2O2/c12-6-2-1-5-11(14,10(15)16)8-3-4-9(13)7-8/h8-9H,1-7,12-14H2,(H,15,16)/t8-,9+,11?/m1/s1. The molecule has 1 aliphatic carbocycles. The molecule has 1 fully saturated rings. The summed E-state index contributed by atoms with van der Waals surface area (Å²) in [5.41, 5.74) is 10.9. The lowest BCUT2D eigenvalue weighted by Crippen LogP contribution is -2.53. The van der Waals surface area contributed by atoms with E-state index in [1.807, 2.05) is 0 Å². The van der Waals surface area contributed by atoms with E-state index in [0.717, 1.165) is 38.4 Å². The van der Waals surface area contributed by atoms with Crippen LogP contribution in [-0.4, -0.2) is 30.5 Å². The Hall–Kier alpha value is -0.545. The largest absolute Gasteiger partial charge is 0.480 e. The van der Waals surface area contributed by atoms with E-state index in [-0.39, 0.29) is 12.0 Å². The Kier molecular flexibility index (Phi) is 4.80. The van der Waals surface area contributed by atoms with Crippen molar-refractivity contribution in [2.24, 2.45) is 17.4 Å². The molecule has 0 spiro atoms. The quantitative estimate of drug-likeness (QED) is 0.443. The number of hydrogen-bond donors (Lipinski definition) is 3. The molecule has 16 heavy (non-hydrogen) atoms. The zero-order valence-corrected chi connectivity index (χ0v) is 10.1. The zero-order valence-electron chi connectivity index (χ0n) is 10.1. The third kappa shape index (κ3) is 2.98. The van der Waals surface area contributed by atoms with E-state index in [9.17, 15) is 9.90 Å². The molecule has 3 atom stereocenters. The van der Waals surface area contributed by atoms with Crippen LogP contribution < -0.4 is 11.5 Å². The Labute approximate surface area is 98.2 Å². The second-order valence-electron chi connectivity index (χ2n) is 5.07. The van der Waals surface area contributed by atoms with Gasteiger partial charge < -0.3 is 16.6 Å². The molecule has 0 aromatic carbocycles. The average Bonchev–Trinajstić information content (AvgIpc) is 2.65. The maximum Gasteiger partial charge on any atom is 0.323 e. The van der Waals surface area contributed by atoms with Crippen LogP contribution in [0.25, 0.3) is 0 Å². The van der Waals surface area contributed by atoms with E-state index in [2.05, 4.69) is 7.85 Å². The van der Waals surface area contributed by atoms with Gasteiger partial charge >= 0.3 is 5.97 Å². The molecule has 0 saturated heterocycles. The molecule has 5 N–H and O–H groups in total. The Balaban J connectivity index is 2.60. The summed E-state index contributed by atoms with van der Waals surface area (Å²) >= 11 is 0. The van der Waals surface area contributed by atoms with E-state index in [4.69, 9.17) is 11.5 Å². The molecule has 4 nitrogen and oxygen atoms in total. The minimum absolute atomic E-state index is 0.0526. The lowest BCUT2D eigenvalue weighted by molar-refractivity contribution is -0.146. The number of aliphatic carboxylic acids is 1. The van der Waals surface area contributed by atoms with Crippen LogP contribution in [0, 0.1) is 5.92 Å². The Bertz CT molecular complexity index is 250. The molecule has 1 rings (SSSR count). The number of hydrogen-bond acceptors (Lipinski definition) is 3. The third-order valence-corrected chi connectivity index (χ3v) is 3.79. The fraction of sp³-hybridized carbons (Fsp3) is 0.909. The first-order valence-corrected chi connectivity index (χ1v) is 6.28. The van der Waals surface area contributed by atoms with Crippen molar-refractivity contribution < 1.29 is 9.90 Å². The SMILES string of the molecule is BCCCCC(N)(C(=O)O)[C@@H]1CC[C@H](N)C1. The predicted octanol–water partition coefficient (Wildman–Crippen LogP) is 0.118. The number of carboxylic acids is 1. The van der Waals surface area contributed by atoms with Crippen LogP contribution in [-0.2, 0) is 4.79 Å². The lowest BCUT2D eigenvalue weighted by atomic mass is 9.79. The smallest absolute Gasteiger partial charge is 0.323 e. The van der Waals surface area contributed by atoms with Gasteiger partial charge in [-0.3, -0.25) is 4.79 Å². The topological polar surface area (TPSA) is 89.3 Å². The maximum atomic E-state index is 11.3. The van der Waals surface area contributed by atoms with Crippen molar-refractivity contribution in [3.63, 3.8) is 0 Å². The monoisotopic (exact) mass is 226 g/mol. The summed E-state index contributed by atoms with van der Waals surface area (Å²) < 4.78 is 0. The van der Waals surface area contributed by atoms with Gasteiger partial charge in [-0.2, -0.15) is 0 Å². The van der Waals surface area contributed by atoms with Crippen LogP contribution in [0.3, 0.4) is 0 Å². The fourth-order valence-corrected chi connectivity index (χ4v) is 2.64. The fourth-order valence-electron chi connectivity index (χ4n) is 2.64. The average molecular weight is 226 g/mol. The van der Waals surface area contributed by atoms with E-state index < -0.39 is 11.5 Å². The molecule has 0 aliphatic heterocycles. The number of unbranched alkanes of at least 4 members (excludes halogenated alkanes) is 1. The molecular weight excluding hydrogens is 203 g/mol. The first kappa shape index (κ1) is 13.5. The second-order valence-corrected chi connectivity index (χ2v) is 5.07. The van der Waals surface area contributed by atoms with Gasteiger partial charge in [0.25, 0.3) is 0 Å². The van der Waals surface area contributed by atoms with Crippen molar-refractivity contribution in [2.75, 3.05) is 0 Å². The van der Waals surface area contributed by atoms with E-state index in [0.29, 0.717) is 6.42 Å². The van der Waals surface area contributed by atoms with Gasteiger partial charge in [0.15, 0.2) is 0 Å². The van der Waals surface area contributed by atoms with Crippen LogP contribution in [0.15, 0.2) is 0 Å². The molecule has 5 heteroatoms. The highest BCUT2D eigenvalue weighted by atomic mass is 16.4. The molecule has 0 amide bonds. The first-order chi connectivity index (χ1) is 7.50. The number of rotatable bonds is 6. The van der Waals surface area contributed by atoms with Crippen molar-refractivity contribution in [1.29, 1.82) is 0 Å². The zero-order chi connectivity index (χ0) is 12.2. The predicted molar refractivity (Wildman–Crippen MR) is 67.1 cm³/mol. The molecule has 92 valence electrons. The summed E-state index contributed by atoms with van der Waals surface area (Å²) in [6.45, 7) is 0. The van der Waals surface area contributed by atoms with Crippen molar-refractivity contribution in [3.05, 3.63) is 0 Å². The minimum Gasteiger partial charge on any atom is -0.480 e. The molecule has 1 aliphatic rings. The highest BCUT2D eigenvalue weighted by Gasteiger charge is 2.44. The molecule has 0 bridgehead atoms. The van der Waals surface area contributed by atoms with Gasteiger partial charge in [0.1, 0.15) is 13.4 Å². The van der Waals surface area contributed by atoms with E-state index in [1.54, 1.807) is 0 Å². The molecule has 1 unspecified atom stereocenters. The summed E-state index contributed by atoms with van der Waals surface area (Å²) in [6, 6.07) is 0.137. The molecule has 1 saturated carbocycles. The second kappa shape index (κ2) is 5.68. The van der Waals surface area contributed by atoms with Crippen molar-refractivity contribution in [3.8, 4) is 0 Å². The van der Waals surface area contributed by atoms with Gasteiger partial charge in [0, 0.05) is 6.04 Å². The van der Waals surface area contributed by atoms with Crippen molar-refractivity contribution in [2.45, 2.75) is 56.4 Å².